The van der Waals surface area contributed by atoms with Crippen molar-refractivity contribution in [3.05, 3.63) is 41.5 Å². The summed E-state index contributed by atoms with van der Waals surface area (Å²) in [5.74, 6) is -1.73. The number of nitrogens with zero attached hydrogens (tertiary/aromatic N) is 3. The third-order valence-electron chi connectivity index (χ3n) is 2.87. The second kappa shape index (κ2) is 6.73. The number of benzene rings is 1. The Kier molecular flexibility index (Phi) is 4.94. The van der Waals surface area contributed by atoms with E-state index in [1.165, 1.54) is 12.1 Å². The quantitative estimate of drug-likeness (QED) is 0.641. The maximum absolute atomic E-state index is 13.3. The molecule has 124 valence electrons. The van der Waals surface area contributed by atoms with Crippen molar-refractivity contribution in [2.24, 2.45) is 0 Å². The van der Waals surface area contributed by atoms with Gasteiger partial charge in [0.2, 0.25) is 0 Å². The summed E-state index contributed by atoms with van der Waals surface area (Å²) >= 11 is 0. The Morgan fingerprint density at radius 2 is 2.04 bits per heavy atom. The van der Waals surface area contributed by atoms with E-state index in [4.69, 9.17) is 0 Å². The molecule has 2 rings (SSSR count). The van der Waals surface area contributed by atoms with E-state index in [9.17, 15) is 22.4 Å². The Bertz CT molecular complexity index is 698. The summed E-state index contributed by atoms with van der Waals surface area (Å²) in [4.78, 5) is 11.9. The molecule has 0 saturated heterocycles. The number of amides is 1. The first-order valence-electron chi connectivity index (χ1n) is 6.56. The van der Waals surface area contributed by atoms with E-state index < -0.39 is 29.3 Å². The smallest absolute Gasteiger partial charge is 0.349 e. The molecule has 0 aliphatic heterocycles. The van der Waals surface area contributed by atoms with Crippen LogP contribution < -0.4 is 10.6 Å². The van der Waals surface area contributed by atoms with Crippen molar-refractivity contribution in [2.45, 2.75) is 6.18 Å². The molecular weight excluding hydrogens is 318 g/mol. The Balaban J connectivity index is 2.44. The molecule has 0 unspecified atom stereocenters. The summed E-state index contributed by atoms with van der Waals surface area (Å²) in [6.07, 6.45) is -4.88. The fourth-order valence-corrected chi connectivity index (χ4v) is 1.86. The van der Waals surface area contributed by atoms with Gasteiger partial charge < -0.3 is 10.6 Å². The minimum Gasteiger partial charge on any atom is -0.349 e. The van der Waals surface area contributed by atoms with E-state index >= 15 is 0 Å². The molecule has 2 aromatic rings. The van der Waals surface area contributed by atoms with Crippen LogP contribution in [-0.4, -0.2) is 41.0 Å². The van der Waals surface area contributed by atoms with Crippen molar-refractivity contribution in [3.63, 3.8) is 0 Å². The Morgan fingerprint density at radius 1 is 1.30 bits per heavy atom. The molecular formula is C13H13F4N5O. The number of hydrogen-bond donors (Lipinski definition) is 2. The van der Waals surface area contributed by atoms with Crippen molar-refractivity contribution in [1.82, 2.24) is 25.6 Å². The number of aromatic nitrogens is 3. The highest BCUT2D eigenvalue weighted by atomic mass is 19.4. The molecule has 0 saturated carbocycles. The van der Waals surface area contributed by atoms with Crippen LogP contribution in [0.15, 0.2) is 24.3 Å². The van der Waals surface area contributed by atoms with Gasteiger partial charge in [-0.15, -0.1) is 5.10 Å². The number of alkyl halides is 3. The van der Waals surface area contributed by atoms with E-state index in [1.54, 1.807) is 7.05 Å². The number of carbonyl (C=O) groups is 1. The molecule has 6 nitrogen and oxygen atoms in total. The molecule has 1 amide bonds. The normalized spacial score (nSPS) is 11.5. The Labute approximate surface area is 128 Å². The van der Waals surface area contributed by atoms with Gasteiger partial charge in [0.1, 0.15) is 5.82 Å². The number of carbonyl (C=O) groups excluding carboxylic acids is 1. The van der Waals surface area contributed by atoms with E-state index in [1.807, 2.05) is 0 Å². The number of rotatable bonds is 5. The predicted molar refractivity (Wildman–Crippen MR) is 72.6 cm³/mol. The zero-order valence-corrected chi connectivity index (χ0v) is 12.0. The van der Waals surface area contributed by atoms with Gasteiger partial charge in [0.15, 0.2) is 11.4 Å². The number of hydrogen-bond acceptors (Lipinski definition) is 4. The van der Waals surface area contributed by atoms with Crippen LogP contribution in [0.2, 0.25) is 0 Å². The first-order chi connectivity index (χ1) is 10.8. The summed E-state index contributed by atoms with van der Waals surface area (Å²) < 4.78 is 53.5. The fourth-order valence-electron chi connectivity index (χ4n) is 1.86. The molecule has 0 spiro atoms. The number of nitrogens with one attached hydrogen (secondary N) is 2. The maximum Gasteiger partial charge on any atom is 0.435 e. The van der Waals surface area contributed by atoms with Crippen molar-refractivity contribution in [3.8, 4) is 5.69 Å². The molecule has 10 heteroatoms. The molecule has 0 atom stereocenters. The van der Waals surface area contributed by atoms with Crippen LogP contribution in [0.4, 0.5) is 17.6 Å². The number of halogens is 4. The monoisotopic (exact) mass is 331 g/mol. The average molecular weight is 331 g/mol. The molecule has 0 fully saturated rings. The van der Waals surface area contributed by atoms with Gasteiger partial charge >= 0.3 is 6.18 Å². The van der Waals surface area contributed by atoms with Crippen LogP contribution in [0.5, 0.6) is 0 Å². The van der Waals surface area contributed by atoms with E-state index in [-0.39, 0.29) is 12.2 Å². The van der Waals surface area contributed by atoms with Gasteiger partial charge in [0, 0.05) is 13.1 Å². The van der Waals surface area contributed by atoms with Crippen molar-refractivity contribution in [2.75, 3.05) is 20.1 Å². The van der Waals surface area contributed by atoms with Crippen LogP contribution in [0.3, 0.4) is 0 Å². The predicted octanol–water partition coefficient (Wildman–Crippen LogP) is 1.37. The SMILES string of the molecule is CNCCNC(=O)c1nnn(-c2cccc(F)c2)c1C(F)(F)F. The largest absolute Gasteiger partial charge is 0.435 e. The van der Waals surface area contributed by atoms with Gasteiger partial charge in [-0.2, -0.15) is 13.2 Å². The molecule has 1 heterocycles. The minimum atomic E-state index is -4.88. The highest BCUT2D eigenvalue weighted by Crippen LogP contribution is 2.32. The second-order valence-electron chi connectivity index (χ2n) is 4.54. The molecule has 0 aliphatic rings. The second-order valence-corrected chi connectivity index (χ2v) is 4.54. The summed E-state index contributed by atoms with van der Waals surface area (Å²) in [6, 6.07) is 4.42. The van der Waals surface area contributed by atoms with Crippen LogP contribution in [0.25, 0.3) is 5.69 Å². The van der Waals surface area contributed by atoms with E-state index in [2.05, 4.69) is 20.9 Å². The lowest BCUT2D eigenvalue weighted by molar-refractivity contribution is -0.143. The zero-order valence-electron chi connectivity index (χ0n) is 12.0. The summed E-state index contributed by atoms with van der Waals surface area (Å²) in [7, 11) is 1.63. The van der Waals surface area contributed by atoms with Gasteiger partial charge in [0.05, 0.1) is 5.69 Å². The van der Waals surface area contributed by atoms with Gasteiger partial charge in [-0.3, -0.25) is 4.79 Å². The first kappa shape index (κ1) is 16.9. The molecule has 23 heavy (non-hydrogen) atoms. The van der Waals surface area contributed by atoms with Crippen LogP contribution in [0, 0.1) is 5.82 Å². The summed E-state index contributed by atoms with van der Waals surface area (Å²) in [5.41, 5.74) is -2.40. The first-order valence-corrected chi connectivity index (χ1v) is 6.56. The lowest BCUT2D eigenvalue weighted by Crippen LogP contribution is -2.32. The zero-order chi connectivity index (χ0) is 17.0. The van der Waals surface area contributed by atoms with E-state index in [0.29, 0.717) is 11.2 Å². The lowest BCUT2D eigenvalue weighted by atomic mass is 10.2. The molecule has 0 aliphatic carbocycles. The van der Waals surface area contributed by atoms with E-state index in [0.717, 1.165) is 12.1 Å². The Morgan fingerprint density at radius 3 is 2.65 bits per heavy atom. The van der Waals surface area contributed by atoms with Crippen molar-refractivity contribution in [1.29, 1.82) is 0 Å². The third-order valence-corrected chi connectivity index (χ3v) is 2.87. The fraction of sp³-hybridized carbons (Fsp3) is 0.308. The minimum absolute atomic E-state index is 0.124. The topological polar surface area (TPSA) is 71.8 Å². The molecule has 1 aromatic heterocycles. The van der Waals surface area contributed by atoms with Crippen LogP contribution >= 0.6 is 0 Å². The molecule has 0 bridgehead atoms. The Hall–Kier alpha value is -2.49. The van der Waals surface area contributed by atoms with Crippen molar-refractivity contribution >= 4 is 5.91 Å². The molecule has 0 radical (unpaired) electrons. The van der Waals surface area contributed by atoms with Gasteiger partial charge in [-0.05, 0) is 25.2 Å². The molecule has 1 aromatic carbocycles. The maximum atomic E-state index is 13.3. The highest BCUT2D eigenvalue weighted by molar-refractivity contribution is 5.93. The van der Waals surface area contributed by atoms with Crippen LogP contribution in [0.1, 0.15) is 16.2 Å². The third kappa shape index (κ3) is 3.83. The average Bonchev–Trinajstić information content (AvgIpc) is 2.92. The molecule has 2 N–H and O–H groups in total. The summed E-state index contributed by atoms with van der Waals surface area (Å²) in [5, 5.41) is 11.7. The summed E-state index contributed by atoms with van der Waals surface area (Å²) in [6.45, 7) is 0.505. The number of likely N-dealkylation sites (N-methyl/N-ethyl adjacent to an activating group) is 1. The van der Waals surface area contributed by atoms with Gasteiger partial charge in [-0.1, -0.05) is 11.3 Å². The highest BCUT2D eigenvalue weighted by Gasteiger charge is 2.41. The van der Waals surface area contributed by atoms with Crippen molar-refractivity contribution < 1.29 is 22.4 Å². The van der Waals surface area contributed by atoms with Gasteiger partial charge in [-0.25, -0.2) is 9.07 Å². The van der Waals surface area contributed by atoms with Gasteiger partial charge in [0.25, 0.3) is 5.91 Å². The van der Waals surface area contributed by atoms with Crippen LogP contribution in [-0.2, 0) is 6.18 Å². The standard InChI is InChI=1S/C13H13F4N5O/c1-18-5-6-19-12(23)10-11(13(15,16)17)22(21-20-10)9-4-2-3-8(14)7-9/h2-4,7,18H,5-6H2,1H3,(H,19,23). The lowest BCUT2D eigenvalue weighted by Gasteiger charge is -2.11.